The quantitative estimate of drug-likeness (QED) is 0.262. The first-order valence-corrected chi connectivity index (χ1v) is 13.6. The molecule has 0 bridgehead atoms. The normalized spacial score (nSPS) is 18.4. The van der Waals surface area contributed by atoms with Crippen molar-refractivity contribution in [3.8, 4) is 0 Å². The molecule has 0 radical (unpaired) electrons. The highest BCUT2D eigenvalue weighted by atomic mass is 79.9. The van der Waals surface area contributed by atoms with E-state index >= 15 is 0 Å². The van der Waals surface area contributed by atoms with Gasteiger partial charge in [0.2, 0.25) is 0 Å². The number of nitro groups is 1. The molecule has 0 atom stereocenters. The first-order chi connectivity index (χ1) is 17.5. The molecule has 1 aromatic heterocycles. The van der Waals surface area contributed by atoms with Crippen molar-refractivity contribution in [1.82, 2.24) is 9.88 Å². The lowest BCUT2D eigenvalue weighted by atomic mass is 9.71. The van der Waals surface area contributed by atoms with Gasteiger partial charge in [0.1, 0.15) is 4.70 Å². The summed E-state index contributed by atoms with van der Waals surface area (Å²) in [4.78, 5) is 31.8. The Morgan fingerprint density at radius 3 is 2.27 bits per heavy atom. The molecule has 2 saturated heterocycles. The number of fused-ring (bicyclic) bond motifs is 1. The standard InChI is InChI=1S/C25H24BrF3N4O3S/c26-18-3-1-16(2-4-18)15-31-9-5-24(6-10-31)7-11-32(12-8-24)23-30-22(34)19-13-17(25(27,28)29)14-20(33(35)36)21(19)37-23/h1-4,13-14H,5-12,15H2. The maximum atomic E-state index is 13.2. The molecule has 5 rings (SSSR count). The average molecular weight is 597 g/mol. The number of nitro benzene ring substituents is 1. The van der Waals surface area contributed by atoms with E-state index in [9.17, 15) is 28.1 Å². The van der Waals surface area contributed by atoms with Crippen molar-refractivity contribution in [2.24, 2.45) is 5.41 Å². The van der Waals surface area contributed by atoms with Crippen molar-refractivity contribution < 1.29 is 18.1 Å². The van der Waals surface area contributed by atoms with Crippen LogP contribution in [-0.2, 0) is 12.7 Å². The number of hydrogen-bond donors (Lipinski definition) is 0. The Hall–Kier alpha value is -2.57. The SMILES string of the molecule is O=c1nc(N2CCC3(CCN(Cc4ccc(Br)cc4)CC3)CC2)sc2c([N+](=O)[O-])cc(C(F)(F)F)cc12. The summed E-state index contributed by atoms with van der Waals surface area (Å²) in [5.74, 6) is 0. The predicted octanol–water partition coefficient (Wildman–Crippen LogP) is 6.23. The molecule has 0 unspecified atom stereocenters. The van der Waals surface area contributed by atoms with Gasteiger partial charge in [0.05, 0.1) is 15.9 Å². The van der Waals surface area contributed by atoms with Gasteiger partial charge < -0.3 is 4.90 Å². The number of likely N-dealkylation sites (tertiary alicyclic amines) is 1. The molecule has 3 aromatic rings. The topological polar surface area (TPSA) is 79.6 Å². The van der Waals surface area contributed by atoms with Gasteiger partial charge in [-0.3, -0.25) is 19.8 Å². The van der Waals surface area contributed by atoms with E-state index in [1.807, 2.05) is 4.90 Å². The minimum Gasteiger partial charge on any atom is -0.348 e. The van der Waals surface area contributed by atoms with Crippen LogP contribution in [0, 0.1) is 15.5 Å². The first kappa shape index (κ1) is 26.1. The molecule has 12 heteroatoms. The number of aromatic nitrogens is 1. The Kier molecular flexibility index (Phi) is 7.01. The molecular weight excluding hydrogens is 573 g/mol. The molecule has 37 heavy (non-hydrogen) atoms. The van der Waals surface area contributed by atoms with Crippen molar-refractivity contribution in [2.75, 3.05) is 31.1 Å². The molecule has 196 valence electrons. The Labute approximate surface area is 223 Å². The van der Waals surface area contributed by atoms with Crippen LogP contribution in [0.25, 0.3) is 10.1 Å². The summed E-state index contributed by atoms with van der Waals surface area (Å²) in [7, 11) is 0. The van der Waals surface area contributed by atoms with E-state index in [1.165, 1.54) is 5.56 Å². The van der Waals surface area contributed by atoms with Crippen molar-refractivity contribution in [3.63, 3.8) is 0 Å². The molecule has 2 fully saturated rings. The van der Waals surface area contributed by atoms with Gasteiger partial charge in [-0.05, 0) is 68.0 Å². The summed E-state index contributed by atoms with van der Waals surface area (Å²) < 4.78 is 40.7. The van der Waals surface area contributed by atoms with Gasteiger partial charge >= 0.3 is 6.18 Å². The Morgan fingerprint density at radius 2 is 1.68 bits per heavy atom. The second-order valence-electron chi connectivity index (χ2n) is 9.82. The van der Waals surface area contributed by atoms with Crippen molar-refractivity contribution in [2.45, 2.75) is 38.4 Å². The van der Waals surface area contributed by atoms with Crippen molar-refractivity contribution in [1.29, 1.82) is 0 Å². The van der Waals surface area contributed by atoms with E-state index in [1.54, 1.807) is 0 Å². The number of piperidine rings is 2. The zero-order valence-corrected chi connectivity index (χ0v) is 22.2. The summed E-state index contributed by atoms with van der Waals surface area (Å²) >= 11 is 4.38. The number of hydrogen-bond acceptors (Lipinski definition) is 7. The summed E-state index contributed by atoms with van der Waals surface area (Å²) in [6, 6.07) is 9.51. The monoisotopic (exact) mass is 596 g/mol. The fourth-order valence-electron chi connectivity index (χ4n) is 5.28. The van der Waals surface area contributed by atoms with Crippen LogP contribution in [0.2, 0.25) is 0 Å². The van der Waals surface area contributed by atoms with Crippen LogP contribution in [0.5, 0.6) is 0 Å². The Balaban J connectivity index is 1.29. The van der Waals surface area contributed by atoms with Gasteiger partial charge in [-0.2, -0.15) is 18.2 Å². The lowest BCUT2D eigenvalue weighted by molar-refractivity contribution is -0.383. The van der Waals surface area contributed by atoms with Crippen LogP contribution in [0.4, 0.5) is 24.0 Å². The van der Waals surface area contributed by atoms with Gasteiger partial charge in [0, 0.05) is 30.2 Å². The highest BCUT2D eigenvalue weighted by Gasteiger charge is 2.39. The Morgan fingerprint density at radius 1 is 1.05 bits per heavy atom. The number of non-ortho nitro benzene ring substituents is 1. The molecule has 0 saturated carbocycles. The lowest BCUT2D eigenvalue weighted by Gasteiger charge is -2.47. The number of rotatable bonds is 4. The third-order valence-electron chi connectivity index (χ3n) is 7.55. The minimum atomic E-state index is -4.80. The molecule has 0 aliphatic carbocycles. The third kappa shape index (κ3) is 5.51. The van der Waals surface area contributed by atoms with E-state index in [4.69, 9.17) is 0 Å². The van der Waals surface area contributed by atoms with Gasteiger partial charge in [-0.1, -0.05) is 39.4 Å². The van der Waals surface area contributed by atoms with Gasteiger partial charge in [0.25, 0.3) is 11.2 Å². The fourth-order valence-corrected chi connectivity index (χ4v) is 6.66. The maximum Gasteiger partial charge on any atom is 0.416 e. The summed E-state index contributed by atoms with van der Waals surface area (Å²) in [5, 5.41) is 11.5. The molecule has 2 aliphatic heterocycles. The van der Waals surface area contributed by atoms with E-state index in [0.717, 1.165) is 61.1 Å². The number of anilines is 1. The maximum absolute atomic E-state index is 13.2. The highest BCUT2D eigenvalue weighted by molar-refractivity contribution is 9.10. The van der Waals surface area contributed by atoms with Crippen LogP contribution in [-0.4, -0.2) is 41.0 Å². The second-order valence-corrected chi connectivity index (χ2v) is 11.7. The lowest BCUT2D eigenvalue weighted by Crippen LogP contribution is -2.46. The van der Waals surface area contributed by atoms with E-state index < -0.39 is 27.9 Å². The van der Waals surface area contributed by atoms with E-state index in [0.29, 0.717) is 30.4 Å². The van der Waals surface area contributed by atoms with Crippen molar-refractivity contribution >= 4 is 48.2 Å². The fraction of sp³-hybridized carbons (Fsp3) is 0.440. The van der Waals surface area contributed by atoms with Crippen LogP contribution >= 0.6 is 27.3 Å². The van der Waals surface area contributed by atoms with Crippen LogP contribution < -0.4 is 10.5 Å². The molecule has 1 spiro atoms. The zero-order chi connectivity index (χ0) is 26.4. The molecule has 0 N–H and O–H groups in total. The number of nitrogens with zero attached hydrogens (tertiary/aromatic N) is 4. The van der Waals surface area contributed by atoms with Gasteiger partial charge in [0.15, 0.2) is 5.13 Å². The summed E-state index contributed by atoms with van der Waals surface area (Å²) in [6.45, 7) is 4.22. The molecular formula is C25H24BrF3N4O3S. The molecule has 3 heterocycles. The average Bonchev–Trinajstić information content (AvgIpc) is 2.86. The van der Waals surface area contributed by atoms with E-state index in [-0.39, 0.29) is 15.5 Å². The van der Waals surface area contributed by atoms with Crippen LogP contribution in [0.3, 0.4) is 0 Å². The zero-order valence-electron chi connectivity index (χ0n) is 19.8. The first-order valence-electron chi connectivity index (χ1n) is 12.0. The summed E-state index contributed by atoms with van der Waals surface area (Å²) in [5.41, 5.74) is -1.33. The van der Waals surface area contributed by atoms with Crippen LogP contribution in [0.15, 0.2) is 45.7 Å². The second kappa shape index (κ2) is 9.95. The van der Waals surface area contributed by atoms with Crippen LogP contribution in [0.1, 0.15) is 36.8 Å². The highest BCUT2D eigenvalue weighted by Crippen LogP contribution is 2.44. The molecule has 7 nitrogen and oxygen atoms in total. The van der Waals surface area contributed by atoms with Gasteiger partial charge in [-0.15, -0.1) is 0 Å². The minimum absolute atomic E-state index is 0.0745. The van der Waals surface area contributed by atoms with Crippen molar-refractivity contribution in [3.05, 3.63) is 72.5 Å². The molecule has 2 aromatic carbocycles. The number of benzene rings is 2. The van der Waals surface area contributed by atoms with E-state index in [2.05, 4.69) is 50.1 Å². The predicted molar refractivity (Wildman–Crippen MR) is 140 cm³/mol. The number of alkyl halides is 3. The largest absolute Gasteiger partial charge is 0.416 e. The molecule has 0 amide bonds. The van der Waals surface area contributed by atoms with Gasteiger partial charge in [-0.25, -0.2) is 0 Å². The number of halogens is 4. The Bertz CT molecular complexity index is 1380. The molecule has 2 aliphatic rings. The third-order valence-corrected chi connectivity index (χ3v) is 9.24. The summed E-state index contributed by atoms with van der Waals surface area (Å²) in [6.07, 6.45) is -0.831. The smallest absolute Gasteiger partial charge is 0.348 e.